The highest BCUT2D eigenvalue weighted by Crippen LogP contribution is 2.44. The van der Waals surface area contributed by atoms with Crippen LogP contribution in [0.3, 0.4) is 0 Å². The van der Waals surface area contributed by atoms with Crippen molar-refractivity contribution < 1.29 is 130 Å². The molecule has 5 N–H and O–H groups in total. The minimum absolute atomic E-state index is 0. The number of hydrogen-bond donors (Lipinski definition) is 5. The minimum atomic E-state index is -2.43. The van der Waals surface area contributed by atoms with E-state index < -0.39 is 177 Å². The van der Waals surface area contributed by atoms with Gasteiger partial charge in [-0.15, -0.1) is 11.8 Å². The van der Waals surface area contributed by atoms with Gasteiger partial charge in [-0.05, 0) is 221 Å². The van der Waals surface area contributed by atoms with Crippen molar-refractivity contribution in [1.29, 1.82) is 0 Å². The molecule has 4 saturated heterocycles. The molecule has 8 rings (SSSR count). The molecule has 0 radical (unpaired) electrons. The molecule has 29 nitrogen and oxygen atoms in total. The molecule has 0 aromatic carbocycles. The first-order chi connectivity index (χ1) is 65.7. The monoisotopic (exact) mass is 2030 g/mol. The number of methoxy groups -OCH3 is 6. The van der Waals surface area contributed by atoms with E-state index >= 15 is 0 Å². The summed E-state index contributed by atoms with van der Waals surface area (Å²) in [6.45, 7) is 30.9. The summed E-state index contributed by atoms with van der Waals surface area (Å²) in [4.78, 5) is 144. The standard InChI is InChI=1S/C53H83NO13PS.C51H79NO13.C3H8OP.CH4/c1-32-17-13-12-14-18-33(2)43(63-8)29-40-22-20-38(7)53(61,67-40)50(58)51(59)54-24-16-15-19-41(54)52(60)66-44(35(4)27-39-21-23-46(45(28-39)64-9)69-31-68(11)62)30-42(55)34(3)26-37(6)48(57)49(65-10)47(56)36(5)25-32;1-30-16-12-11-13-17-31(2)42(61-8)28-38-21-19-36(7)51(60,65-38)48(57)49(58)52-23-15-14-18-39(52)50(59)64-43(33(4)26-37-20-22-40(53)44(27-37)62-9)29-41(54)32(3)25-35(6)46(56)47(63-10)45(55)34(5)24-30;1-3-5(2)4;/h12-14,17-18,26,32,34-36,38-41,43-46,48-49,57,61H,15-16,19-25,27-31H2,1-11H3;11-13,16-17,25,30,32-34,36-40,42-44,46-47,53,56,60H,14-15,18-24,26-29H2,1-10H3;3H2,1-2H3;1H4/q+1;;+1;/b14-12?,17-13+,33-18?,37-26+;13-11?,16-12+,31-17?,35-25+;;/t32-,34-,35-,36-,38-,39+,40+,41+,43+,44+,45-,46?,48-,49+,53-;30-,32-,33-,34-,36-,37+,38+,39+,40?,42+,43+,44-,46-,47+,51-;;/m11../s1. The van der Waals surface area contributed by atoms with Gasteiger partial charge >= 0.3 is 27.5 Å². The van der Waals surface area contributed by atoms with Gasteiger partial charge < -0.3 is 82.7 Å². The number of fused-ring (bicyclic) bond motifs is 6. The second-order valence-electron chi connectivity index (χ2n) is 41.0. The Kier molecular flexibility index (Phi) is 54.0. The molecule has 0 spiro atoms. The predicted octanol–water partition coefficient (Wildman–Crippen LogP) is 16.6. The van der Waals surface area contributed by atoms with Crippen molar-refractivity contribution in [2.75, 3.05) is 80.7 Å². The fourth-order valence-corrected chi connectivity index (χ4v) is 23.0. The van der Waals surface area contributed by atoms with Crippen LogP contribution >= 0.6 is 27.4 Å². The summed E-state index contributed by atoms with van der Waals surface area (Å²) >= 11 is 1.67. The van der Waals surface area contributed by atoms with Crippen LogP contribution in [0.4, 0.5) is 0 Å². The van der Waals surface area contributed by atoms with Crippen LogP contribution in [0, 0.1) is 71.0 Å². The molecule has 32 heteroatoms. The number of carbonyl (C=O) groups is 10. The fraction of sp³-hybridized carbons (Fsp3) is 0.759. The average Bonchev–Trinajstić information content (AvgIpc) is 0.779. The lowest BCUT2D eigenvalue weighted by Crippen LogP contribution is -2.61. The quantitative estimate of drug-likeness (QED) is 0.0415. The average molecular weight is 2030 g/mol. The molecule has 4 unspecified atom stereocenters. The number of thioether (sulfide) groups is 1. The second kappa shape index (κ2) is 60.8. The van der Waals surface area contributed by atoms with Crippen LogP contribution in [0.25, 0.3) is 0 Å². The maximum Gasteiger partial charge on any atom is 0.346 e. The number of aliphatic hydroxyl groups is 5. The van der Waals surface area contributed by atoms with Gasteiger partial charge in [0.15, 0.2) is 17.1 Å². The molecule has 792 valence electrons. The Bertz CT molecular complexity index is 4310. The SMILES string of the molecule is C.CC[P+](C)=O.CO[C@H]1C[C@@H]2CC[C@@H](C)[C@@](O)(O2)C(=O)C(=O)N2CCCC[C@H]2C(=O)O[C@H]([C@H](C)C[C@@H]2CCC(O)[C@H](OC)C2)CC(=O)[C@H](C)/C=C(\C)[C@@H](O)[C@@H](OC)C(=O)[C@H](C)C[C@H](C)/C=C/C=CC=C1C.CO[C@H]1C[C@@H]2CC[C@@H](C)[C@@](O)(O2)C(=O)C(=O)N2CCCC[C@H]2C(=O)O[C@H]([C@H](C)C[C@@H]2CCC(SC[P+](C)=O)[C@H](OC)C2)CC(=O)[C@H](C)/C=C(\C)[C@@H](O)[C@@H](OC)C(=O)[C@H](C)C[C@H](C)/C=C/C=CC=C1C. The van der Waals surface area contributed by atoms with Gasteiger partial charge in [-0.2, -0.15) is 0 Å². The maximum atomic E-state index is 14.5. The van der Waals surface area contributed by atoms with Crippen LogP contribution in [-0.2, 0) is 104 Å². The van der Waals surface area contributed by atoms with Crippen LogP contribution in [0.5, 0.6) is 0 Å². The van der Waals surface area contributed by atoms with Gasteiger partial charge in [0.1, 0.15) is 79.8 Å². The van der Waals surface area contributed by atoms with E-state index in [4.69, 9.17) is 47.4 Å². The molecule has 6 aliphatic heterocycles. The molecule has 2 saturated carbocycles. The summed E-state index contributed by atoms with van der Waals surface area (Å²) in [6.07, 6.45) is 24.8. The van der Waals surface area contributed by atoms with E-state index in [1.807, 2.05) is 123 Å². The smallest absolute Gasteiger partial charge is 0.346 e. The first-order valence-corrected chi connectivity index (χ1v) is 55.5. The third kappa shape index (κ3) is 36.5. The molecular formula is C108H174N2O27P2S+2. The number of amides is 2. The normalized spacial score (nSPS) is 37.2. The molecule has 0 aromatic heterocycles. The summed E-state index contributed by atoms with van der Waals surface area (Å²) in [7, 11) is 7.03. The molecule has 6 heterocycles. The van der Waals surface area contributed by atoms with Crippen molar-refractivity contribution in [2.24, 2.45) is 71.0 Å². The Morgan fingerprint density at radius 2 is 0.857 bits per heavy atom. The zero-order valence-electron chi connectivity index (χ0n) is 87.3. The number of piperidine rings is 2. The third-order valence-electron chi connectivity index (χ3n) is 29.8. The summed E-state index contributed by atoms with van der Waals surface area (Å²) in [6, 6.07) is -2.28. The summed E-state index contributed by atoms with van der Waals surface area (Å²) < 4.78 is 81.1. The number of Topliss-reactive ketones (excluding diaryl/α,β-unsaturated/α-hetero) is 6. The number of esters is 2. The first-order valence-electron chi connectivity index (χ1n) is 50.7. The number of hydrogen-bond acceptors (Lipinski definition) is 28. The Morgan fingerprint density at radius 3 is 1.22 bits per heavy atom. The molecule has 2 aliphatic carbocycles. The number of ketones is 6. The Labute approximate surface area is 841 Å². The van der Waals surface area contributed by atoms with Crippen molar-refractivity contribution in [1.82, 2.24) is 9.80 Å². The highest BCUT2D eigenvalue weighted by atomic mass is 32.2. The van der Waals surface area contributed by atoms with Crippen LogP contribution < -0.4 is 0 Å². The molecule has 2 amide bonds. The molecule has 0 aromatic rings. The number of nitrogens with zero attached hydrogens (tertiary/aromatic N) is 2. The van der Waals surface area contributed by atoms with Crippen LogP contribution in [-0.4, -0.2) is 283 Å². The van der Waals surface area contributed by atoms with E-state index in [1.54, 1.807) is 107 Å². The lowest BCUT2D eigenvalue weighted by Gasteiger charge is -2.42. The van der Waals surface area contributed by atoms with E-state index in [0.717, 1.165) is 43.0 Å². The second-order valence-corrected chi connectivity index (χ2v) is 46.1. The Hall–Kier alpha value is -6.15. The van der Waals surface area contributed by atoms with E-state index in [2.05, 4.69) is 0 Å². The topological polar surface area (TPSA) is 405 Å². The molecule has 8 aliphatic rings. The van der Waals surface area contributed by atoms with Gasteiger partial charge in [-0.3, -0.25) is 38.4 Å². The molecular weight excluding hydrogens is 1850 g/mol. The molecule has 32 atom stereocenters. The van der Waals surface area contributed by atoms with Crippen molar-refractivity contribution in [3.63, 3.8) is 0 Å². The largest absolute Gasteiger partial charge is 0.460 e. The number of cyclic esters (lactones) is 2. The van der Waals surface area contributed by atoms with Crippen molar-refractivity contribution in [3.8, 4) is 0 Å². The van der Waals surface area contributed by atoms with Crippen molar-refractivity contribution in [2.45, 2.75) is 374 Å². The first kappa shape index (κ1) is 124. The third-order valence-corrected chi connectivity index (χ3v) is 33.8. The Balaban J connectivity index is 0.000000468. The van der Waals surface area contributed by atoms with Gasteiger partial charge in [0.25, 0.3) is 23.4 Å². The number of rotatable bonds is 16. The van der Waals surface area contributed by atoms with Gasteiger partial charge in [0.05, 0.1) is 42.7 Å². The lowest BCUT2D eigenvalue weighted by atomic mass is 9.78. The zero-order chi connectivity index (χ0) is 104. The van der Waals surface area contributed by atoms with Crippen LogP contribution in [0.1, 0.15) is 265 Å². The van der Waals surface area contributed by atoms with Crippen molar-refractivity contribution >= 4 is 85.8 Å². The summed E-state index contributed by atoms with van der Waals surface area (Å²) in [5, 5.41) is 57.5. The number of allylic oxidation sites excluding steroid dienone is 12. The van der Waals surface area contributed by atoms with E-state index in [9.17, 15) is 82.6 Å². The summed E-state index contributed by atoms with van der Waals surface area (Å²) in [5.41, 5.74) is 3.10. The molecule has 6 fully saturated rings. The van der Waals surface area contributed by atoms with E-state index in [0.29, 0.717) is 119 Å². The zero-order valence-corrected chi connectivity index (χ0v) is 89.9. The molecule has 140 heavy (non-hydrogen) atoms. The van der Waals surface area contributed by atoms with E-state index in [-0.39, 0.29) is 122 Å². The van der Waals surface area contributed by atoms with Crippen molar-refractivity contribution in [3.05, 3.63) is 95.2 Å². The van der Waals surface area contributed by atoms with Gasteiger partial charge in [0, 0.05) is 122 Å². The lowest BCUT2D eigenvalue weighted by molar-refractivity contribution is -0.265. The van der Waals surface area contributed by atoms with E-state index in [1.165, 1.54) is 24.0 Å². The fourth-order valence-electron chi connectivity index (χ4n) is 20.6. The predicted molar refractivity (Wildman–Crippen MR) is 545 cm³/mol. The van der Waals surface area contributed by atoms with Crippen LogP contribution in [0.2, 0.25) is 0 Å². The van der Waals surface area contributed by atoms with Crippen LogP contribution in [0.15, 0.2) is 95.2 Å². The van der Waals surface area contributed by atoms with Gasteiger partial charge in [0.2, 0.25) is 11.6 Å². The highest BCUT2D eigenvalue weighted by Gasteiger charge is 2.56. The maximum absolute atomic E-state index is 14.5. The minimum Gasteiger partial charge on any atom is -0.460 e. The number of carbonyl (C=O) groups excluding carboxylic acids is 10. The van der Waals surface area contributed by atoms with Gasteiger partial charge in [-0.1, -0.05) is 159 Å². The summed E-state index contributed by atoms with van der Waals surface area (Å²) in [5.74, 6) is -15.8. The van der Waals surface area contributed by atoms with Gasteiger partial charge in [-0.25, -0.2) is 9.59 Å². The number of aliphatic hydroxyl groups excluding tert-OH is 3. The number of ether oxygens (including phenoxy) is 10. The molecule has 4 bridgehead atoms. The highest BCUT2D eigenvalue weighted by molar-refractivity contribution is 8.04. The Morgan fingerprint density at radius 1 is 0.471 bits per heavy atom.